The van der Waals surface area contributed by atoms with Crippen molar-refractivity contribution in [3.63, 3.8) is 0 Å². The van der Waals surface area contributed by atoms with Gasteiger partial charge in [-0.3, -0.25) is 14.4 Å². The normalized spacial score (nSPS) is 23.6. The van der Waals surface area contributed by atoms with Crippen LogP contribution in [0.2, 0.25) is 0 Å². The van der Waals surface area contributed by atoms with Crippen LogP contribution in [0.1, 0.15) is 51.2 Å². The molecule has 3 aliphatic rings. The summed E-state index contributed by atoms with van der Waals surface area (Å²) in [5.41, 5.74) is -1.39. The van der Waals surface area contributed by atoms with Crippen molar-refractivity contribution < 1.29 is 23.5 Å². The molecule has 2 amide bonds. The SMILES string of the molecule is Cc1cc(F)c(CNC(=O)c2cn3c(c(O)c2=O)C(=O)N2C(C3)C3CC[C@@H]2C3)c(F)c1. The molecular formula is C22H21F2N3O4. The van der Waals surface area contributed by atoms with Gasteiger partial charge in [-0.05, 0) is 49.8 Å². The van der Waals surface area contributed by atoms with Crippen molar-refractivity contribution in [2.24, 2.45) is 5.92 Å². The molecule has 2 aromatic rings. The van der Waals surface area contributed by atoms with Gasteiger partial charge < -0.3 is 19.9 Å². The summed E-state index contributed by atoms with van der Waals surface area (Å²) < 4.78 is 29.5. The average molecular weight is 429 g/mol. The van der Waals surface area contributed by atoms with Gasteiger partial charge in [-0.15, -0.1) is 0 Å². The summed E-state index contributed by atoms with van der Waals surface area (Å²) in [7, 11) is 0. The van der Waals surface area contributed by atoms with E-state index in [1.807, 2.05) is 0 Å². The van der Waals surface area contributed by atoms with Crippen LogP contribution in [0.5, 0.6) is 5.75 Å². The Morgan fingerprint density at radius 2 is 1.94 bits per heavy atom. The van der Waals surface area contributed by atoms with Crippen LogP contribution in [0.3, 0.4) is 0 Å². The van der Waals surface area contributed by atoms with Crippen LogP contribution in [-0.4, -0.2) is 38.5 Å². The van der Waals surface area contributed by atoms with Crippen molar-refractivity contribution in [2.75, 3.05) is 0 Å². The molecule has 2 fully saturated rings. The largest absolute Gasteiger partial charge is 0.503 e. The second-order valence-electron chi connectivity index (χ2n) is 8.62. The van der Waals surface area contributed by atoms with E-state index in [-0.39, 0.29) is 28.9 Å². The van der Waals surface area contributed by atoms with Crippen LogP contribution in [0.15, 0.2) is 23.1 Å². The van der Waals surface area contributed by atoms with Crippen LogP contribution in [-0.2, 0) is 13.1 Å². The Morgan fingerprint density at radius 1 is 1.23 bits per heavy atom. The number of hydrogen-bond donors (Lipinski definition) is 2. The zero-order valence-corrected chi connectivity index (χ0v) is 16.8. The molecule has 0 radical (unpaired) electrons. The van der Waals surface area contributed by atoms with Crippen LogP contribution >= 0.6 is 0 Å². The number of aryl methyl sites for hydroxylation is 1. The Labute approximate surface area is 176 Å². The predicted octanol–water partition coefficient (Wildman–Crippen LogP) is 2.08. The lowest BCUT2D eigenvalue weighted by molar-refractivity contribution is 0.0482. The number of pyridine rings is 1. The zero-order valence-electron chi connectivity index (χ0n) is 16.8. The molecule has 1 saturated carbocycles. The van der Waals surface area contributed by atoms with E-state index < -0.39 is 41.2 Å². The summed E-state index contributed by atoms with van der Waals surface area (Å²) >= 11 is 0. The third-order valence-electron chi connectivity index (χ3n) is 6.77. The maximum absolute atomic E-state index is 14.0. The minimum atomic E-state index is -0.982. The average Bonchev–Trinajstić information content (AvgIpc) is 3.31. The molecule has 5 rings (SSSR count). The molecule has 31 heavy (non-hydrogen) atoms. The number of nitrogens with zero attached hydrogens (tertiary/aromatic N) is 2. The van der Waals surface area contributed by atoms with Gasteiger partial charge in [0.15, 0.2) is 11.4 Å². The summed E-state index contributed by atoms with van der Waals surface area (Å²) in [6.45, 7) is 1.47. The maximum Gasteiger partial charge on any atom is 0.275 e. The smallest absolute Gasteiger partial charge is 0.275 e. The molecule has 1 aromatic heterocycles. The Balaban J connectivity index is 1.44. The number of carbonyl (C=O) groups is 2. The third-order valence-corrected chi connectivity index (χ3v) is 6.77. The van der Waals surface area contributed by atoms with Gasteiger partial charge in [-0.25, -0.2) is 8.78 Å². The van der Waals surface area contributed by atoms with Gasteiger partial charge >= 0.3 is 0 Å². The summed E-state index contributed by atoms with van der Waals surface area (Å²) in [4.78, 5) is 40.0. The monoisotopic (exact) mass is 429 g/mol. The number of nitrogens with one attached hydrogen (secondary N) is 1. The van der Waals surface area contributed by atoms with Crippen LogP contribution in [0.4, 0.5) is 8.78 Å². The van der Waals surface area contributed by atoms with E-state index in [1.54, 1.807) is 11.8 Å². The summed E-state index contributed by atoms with van der Waals surface area (Å²) in [6.07, 6.45) is 4.12. The van der Waals surface area contributed by atoms with Gasteiger partial charge in [0.05, 0.1) is 6.04 Å². The van der Waals surface area contributed by atoms with Crippen molar-refractivity contribution in [1.29, 1.82) is 0 Å². The first-order chi connectivity index (χ1) is 14.8. The standard InChI is InChI=1S/C22H21F2N3O4/c1-10-4-15(23)13(16(24)5-10)7-25-21(30)14-8-26-9-17-11-2-3-12(6-11)27(17)22(31)18(26)20(29)19(14)28/h4-5,8,11-12,17,29H,2-3,6-7,9H2,1H3,(H,25,30)/t11?,12-,17?/m1/s1. The molecule has 9 heteroatoms. The van der Waals surface area contributed by atoms with E-state index in [0.717, 1.165) is 31.4 Å². The quantitative estimate of drug-likeness (QED) is 0.782. The summed E-state index contributed by atoms with van der Waals surface area (Å²) in [6, 6.07) is 2.41. The predicted molar refractivity (Wildman–Crippen MR) is 106 cm³/mol. The summed E-state index contributed by atoms with van der Waals surface area (Å²) in [5, 5.41) is 12.8. The highest BCUT2D eigenvalue weighted by molar-refractivity contribution is 5.99. The lowest BCUT2D eigenvalue weighted by Crippen LogP contribution is -2.52. The van der Waals surface area contributed by atoms with E-state index in [0.29, 0.717) is 18.0 Å². The first-order valence-electron chi connectivity index (χ1n) is 10.3. The number of carbonyl (C=O) groups excluding carboxylic acids is 2. The van der Waals surface area contributed by atoms with E-state index in [1.165, 1.54) is 10.8 Å². The molecule has 1 saturated heterocycles. The fourth-order valence-electron chi connectivity index (χ4n) is 5.31. The fraction of sp³-hybridized carbons (Fsp3) is 0.409. The number of fused-ring (bicyclic) bond motifs is 6. The lowest BCUT2D eigenvalue weighted by Gasteiger charge is -2.40. The number of halogens is 2. The summed E-state index contributed by atoms with van der Waals surface area (Å²) in [5.74, 6) is -3.28. The minimum absolute atomic E-state index is 0.0210. The highest BCUT2D eigenvalue weighted by Gasteiger charge is 2.51. The Bertz CT molecular complexity index is 1170. The number of piperidine rings is 1. The van der Waals surface area contributed by atoms with Crippen molar-refractivity contribution in [2.45, 2.75) is 51.4 Å². The maximum atomic E-state index is 14.0. The number of amides is 2. The van der Waals surface area contributed by atoms with Crippen molar-refractivity contribution in [3.8, 4) is 5.75 Å². The van der Waals surface area contributed by atoms with E-state index in [4.69, 9.17) is 0 Å². The molecule has 1 aromatic carbocycles. The molecule has 2 bridgehead atoms. The van der Waals surface area contributed by atoms with Crippen molar-refractivity contribution in [3.05, 3.63) is 62.6 Å². The Hall–Kier alpha value is -3.23. The molecule has 0 spiro atoms. The van der Waals surface area contributed by atoms with Crippen molar-refractivity contribution >= 4 is 11.8 Å². The zero-order chi connectivity index (χ0) is 22.0. The molecule has 3 heterocycles. The Kier molecular flexibility index (Phi) is 4.39. The van der Waals surface area contributed by atoms with Gasteiger partial charge in [0.2, 0.25) is 5.43 Å². The van der Waals surface area contributed by atoms with Crippen LogP contribution in [0.25, 0.3) is 0 Å². The van der Waals surface area contributed by atoms with Gasteiger partial charge in [0.1, 0.15) is 17.2 Å². The van der Waals surface area contributed by atoms with E-state index in [2.05, 4.69) is 5.32 Å². The number of benzene rings is 1. The molecular weight excluding hydrogens is 408 g/mol. The van der Waals surface area contributed by atoms with Crippen LogP contribution < -0.4 is 10.7 Å². The molecule has 2 unspecified atom stereocenters. The highest BCUT2D eigenvalue weighted by atomic mass is 19.1. The lowest BCUT2D eigenvalue weighted by atomic mass is 9.95. The number of aromatic nitrogens is 1. The van der Waals surface area contributed by atoms with Gasteiger partial charge in [-0.2, -0.15) is 0 Å². The molecule has 2 N–H and O–H groups in total. The van der Waals surface area contributed by atoms with E-state index >= 15 is 0 Å². The molecule has 162 valence electrons. The second-order valence-corrected chi connectivity index (χ2v) is 8.62. The van der Waals surface area contributed by atoms with Gasteiger partial charge in [0, 0.05) is 30.9 Å². The molecule has 3 atom stereocenters. The highest BCUT2D eigenvalue weighted by Crippen LogP contribution is 2.45. The van der Waals surface area contributed by atoms with Gasteiger partial charge in [0.25, 0.3) is 11.8 Å². The van der Waals surface area contributed by atoms with Gasteiger partial charge in [-0.1, -0.05) is 0 Å². The molecule has 7 nitrogen and oxygen atoms in total. The fourth-order valence-corrected chi connectivity index (χ4v) is 5.31. The Morgan fingerprint density at radius 3 is 2.65 bits per heavy atom. The van der Waals surface area contributed by atoms with Crippen LogP contribution in [0, 0.1) is 24.5 Å². The first-order valence-corrected chi connectivity index (χ1v) is 10.3. The first kappa shape index (κ1) is 19.7. The number of rotatable bonds is 3. The van der Waals surface area contributed by atoms with E-state index in [9.17, 15) is 28.3 Å². The minimum Gasteiger partial charge on any atom is -0.503 e. The molecule has 2 aliphatic heterocycles. The third kappa shape index (κ3) is 2.94. The molecule has 1 aliphatic carbocycles. The number of hydrogen-bond acceptors (Lipinski definition) is 4. The second kappa shape index (κ2) is 6.90. The van der Waals surface area contributed by atoms with Crippen molar-refractivity contribution in [1.82, 2.24) is 14.8 Å². The number of aromatic hydroxyl groups is 1. The topological polar surface area (TPSA) is 91.6 Å².